The van der Waals surface area contributed by atoms with Crippen molar-refractivity contribution in [3.8, 4) is 5.75 Å². The molecule has 5 rings (SSSR count). The molecule has 202 valence electrons. The number of benzene rings is 2. The number of carbonyl (C=O) groups is 3. The van der Waals surface area contributed by atoms with Crippen molar-refractivity contribution in [1.29, 1.82) is 0 Å². The molecule has 3 aliphatic heterocycles. The minimum absolute atomic E-state index is 0.0745. The van der Waals surface area contributed by atoms with Gasteiger partial charge in [0.2, 0.25) is 17.7 Å². The molecule has 9 heteroatoms. The molecule has 3 saturated heterocycles. The molecule has 2 aromatic carbocycles. The minimum Gasteiger partial charge on any atom is -0.497 e. The second kappa shape index (κ2) is 10.4. The van der Waals surface area contributed by atoms with E-state index in [-0.39, 0.29) is 24.3 Å². The van der Waals surface area contributed by atoms with Crippen LogP contribution in [0, 0.1) is 11.8 Å². The molecule has 3 fully saturated rings. The maximum absolute atomic E-state index is 14.0. The molecule has 3 amide bonds. The number of ether oxygens (including phenoxy) is 2. The molecule has 3 heterocycles. The summed E-state index contributed by atoms with van der Waals surface area (Å²) in [6, 6.07) is 15.3. The van der Waals surface area contributed by atoms with E-state index in [0.717, 1.165) is 6.42 Å². The number of rotatable bonds is 10. The van der Waals surface area contributed by atoms with Crippen molar-refractivity contribution < 1.29 is 29.0 Å². The number of nitrogens with zero attached hydrogens (tertiary/aromatic N) is 1. The molecular formula is C29H35N3O6. The van der Waals surface area contributed by atoms with Gasteiger partial charge in [0, 0.05) is 24.5 Å². The first-order valence-electron chi connectivity index (χ1n) is 13.3. The van der Waals surface area contributed by atoms with Crippen LogP contribution in [-0.4, -0.2) is 65.2 Å². The van der Waals surface area contributed by atoms with Crippen LogP contribution in [0.5, 0.6) is 5.75 Å². The molecule has 0 aromatic heterocycles. The van der Waals surface area contributed by atoms with Gasteiger partial charge in [-0.15, -0.1) is 0 Å². The summed E-state index contributed by atoms with van der Waals surface area (Å²) in [4.78, 5) is 43.1. The Bertz CT molecular complexity index is 1190. The molecular weight excluding hydrogens is 486 g/mol. The predicted molar refractivity (Wildman–Crippen MR) is 142 cm³/mol. The van der Waals surface area contributed by atoms with E-state index in [1.54, 1.807) is 48.4 Å². The van der Waals surface area contributed by atoms with Gasteiger partial charge in [0.1, 0.15) is 17.4 Å². The van der Waals surface area contributed by atoms with Gasteiger partial charge in [-0.25, -0.2) is 0 Å². The lowest BCUT2D eigenvalue weighted by molar-refractivity contribution is -0.143. The third-order valence-electron chi connectivity index (χ3n) is 8.26. The Balaban J connectivity index is 1.45. The Kier molecular flexibility index (Phi) is 7.15. The summed E-state index contributed by atoms with van der Waals surface area (Å²) < 4.78 is 11.8. The number of aliphatic hydroxyl groups excluding tert-OH is 1. The number of anilines is 2. The number of nitrogens with one attached hydrogen (secondary N) is 2. The van der Waals surface area contributed by atoms with Crippen molar-refractivity contribution >= 4 is 29.1 Å². The van der Waals surface area contributed by atoms with Crippen LogP contribution in [0.25, 0.3) is 0 Å². The molecule has 5 atom stereocenters. The predicted octanol–water partition coefficient (Wildman–Crippen LogP) is 3.20. The molecule has 0 aliphatic carbocycles. The van der Waals surface area contributed by atoms with Gasteiger partial charge in [0.05, 0.1) is 24.5 Å². The molecule has 1 spiro atoms. The van der Waals surface area contributed by atoms with Crippen molar-refractivity contribution in [2.24, 2.45) is 11.8 Å². The van der Waals surface area contributed by atoms with Crippen molar-refractivity contribution in [2.45, 2.75) is 56.3 Å². The van der Waals surface area contributed by atoms with Crippen LogP contribution in [0.15, 0.2) is 54.6 Å². The second-order valence-electron chi connectivity index (χ2n) is 10.6. The van der Waals surface area contributed by atoms with Gasteiger partial charge in [-0.3, -0.25) is 14.4 Å². The largest absolute Gasteiger partial charge is 0.497 e. The summed E-state index contributed by atoms with van der Waals surface area (Å²) >= 11 is 0. The van der Waals surface area contributed by atoms with E-state index < -0.39 is 29.1 Å². The Morgan fingerprint density at radius 1 is 1.00 bits per heavy atom. The lowest BCUT2D eigenvalue weighted by Crippen LogP contribution is -2.53. The lowest BCUT2D eigenvalue weighted by Gasteiger charge is -2.33. The highest BCUT2D eigenvalue weighted by molar-refractivity contribution is 6.05. The third-order valence-corrected chi connectivity index (χ3v) is 8.26. The summed E-state index contributed by atoms with van der Waals surface area (Å²) in [6.07, 6.45) is 3.08. The quantitative estimate of drug-likeness (QED) is 0.414. The van der Waals surface area contributed by atoms with Crippen LogP contribution in [0.3, 0.4) is 0 Å². The van der Waals surface area contributed by atoms with E-state index in [2.05, 4.69) is 10.6 Å². The first-order valence-corrected chi connectivity index (χ1v) is 13.3. The molecule has 3 N–H and O–H groups in total. The van der Waals surface area contributed by atoms with Crippen LogP contribution in [0.2, 0.25) is 0 Å². The number of likely N-dealkylation sites (tertiary alicyclic amines) is 1. The maximum Gasteiger partial charge on any atom is 0.250 e. The fourth-order valence-electron chi connectivity index (χ4n) is 6.56. The highest BCUT2D eigenvalue weighted by atomic mass is 16.5. The van der Waals surface area contributed by atoms with Gasteiger partial charge in [0.15, 0.2) is 0 Å². The molecule has 3 aliphatic rings. The number of aliphatic hydroxyl groups is 1. The number of para-hydroxylation sites is 1. The first kappa shape index (κ1) is 26.2. The topological polar surface area (TPSA) is 117 Å². The standard InChI is InChI=1S/C29H35N3O6/c1-28-15-16-29(38-28)23(22(28)25(34)30-19-9-5-3-6-10-19)27(36)32(17-7-4-8-18-33)24(29)26(35)31-20-11-13-21(37-2)14-12-20/h3,5-6,9-14,22-24,33H,4,7-8,15-18H2,1-2H3,(H,30,34)(H,31,35)/t22-,23+,24?,28+,29?/m1/s1. The average molecular weight is 522 g/mol. The van der Waals surface area contributed by atoms with Gasteiger partial charge in [-0.1, -0.05) is 18.2 Å². The van der Waals surface area contributed by atoms with Crippen LogP contribution >= 0.6 is 0 Å². The summed E-state index contributed by atoms with van der Waals surface area (Å²) in [5.41, 5.74) is -0.697. The molecule has 0 radical (unpaired) electrons. The zero-order valence-corrected chi connectivity index (χ0v) is 21.8. The number of amides is 3. The van der Waals surface area contributed by atoms with Crippen LogP contribution in [0.4, 0.5) is 11.4 Å². The fraction of sp³-hybridized carbons (Fsp3) is 0.483. The Hall–Kier alpha value is -3.43. The summed E-state index contributed by atoms with van der Waals surface area (Å²) in [5.74, 6) is -1.63. The SMILES string of the molecule is COc1ccc(NC(=O)C2N(CCCCCO)C(=O)[C@@H]3[C@H](C(=O)Nc4ccccc4)[C@]4(C)CCC23O4)cc1. The molecule has 2 unspecified atom stereocenters. The Morgan fingerprint density at radius 2 is 1.68 bits per heavy atom. The number of unbranched alkanes of at least 4 members (excludes halogenated alkanes) is 2. The number of hydrogen-bond acceptors (Lipinski definition) is 6. The van der Waals surface area contributed by atoms with Gasteiger partial charge in [-0.2, -0.15) is 0 Å². The van der Waals surface area contributed by atoms with E-state index in [9.17, 15) is 19.5 Å². The molecule has 2 bridgehead atoms. The van der Waals surface area contributed by atoms with E-state index in [1.807, 2.05) is 25.1 Å². The zero-order chi connectivity index (χ0) is 26.9. The number of fused-ring (bicyclic) bond motifs is 1. The first-order chi connectivity index (χ1) is 18.3. The van der Waals surface area contributed by atoms with Crippen LogP contribution < -0.4 is 15.4 Å². The average Bonchev–Trinajstić information content (AvgIpc) is 3.48. The molecule has 9 nitrogen and oxygen atoms in total. The number of hydrogen-bond donors (Lipinski definition) is 3. The smallest absolute Gasteiger partial charge is 0.250 e. The van der Waals surface area contributed by atoms with E-state index >= 15 is 0 Å². The van der Waals surface area contributed by atoms with Gasteiger partial charge in [-0.05, 0) is 75.4 Å². The molecule has 2 aromatic rings. The third kappa shape index (κ3) is 4.43. The number of methoxy groups -OCH3 is 1. The van der Waals surface area contributed by atoms with Crippen molar-refractivity contribution in [3.05, 3.63) is 54.6 Å². The van der Waals surface area contributed by atoms with Crippen LogP contribution in [0.1, 0.15) is 39.0 Å². The van der Waals surface area contributed by atoms with Crippen LogP contribution in [-0.2, 0) is 19.1 Å². The van der Waals surface area contributed by atoms with Gasteiger partial charge in [0.25, 0.3) is 0 Å². The monoisotopic (exact) mass is 521 g/mol. The van der Waals surface area contributed by atoms with Gasteiger partial charge >= 0.3 is 0 Å². The Labute approximate surface area is 222 Å². The van der Waals surface area contributed by atoms with Crippen molar-refractivity contribution in [3.63, 3.8) is 0 Å². The highest BCUT2D eigenvalue weighted by Gasteiger charge is 2.77. The van der Waals surface area contributed by atoms with E-state index in [4.69, 9.17) is 9.47 Å². The second-order valence-corrected chi connectivity index (χ2v) is 10.6. The van der Waals surface area contributed by atoms with Crippen molar-refractivity contribution in [2.75, 3.05) is 30.9 Å². The van der Waals surface area contributed by atoms with E-state index in [0.29, 0.717) is 49.4 Å². The fourth-order valence-corrected chi connectivity index (χ4v) is 6.56. The Morgan fingerprint density at radius 3 is 2.37 bits per heavy atom. The summed E-state index contributed by atoms with van der Waals surface area (Å²) in [6.45, 7) is 2.31. The summed E-state index contributed by atoms with van der Waals surface area (Å²) in [7, 11) is 1.57. The number of carbonyl (C=O) groups excluding carboxylic acids is 3. The van der Waals surface area contributed by atoms with E-state index in [1.165, 1.54) is 0 Å². The highest BCUT2D eigenvalue weighted by Crippen LogP contribution is 2.63. The molecule has 0 saturated carbocycles. The molecule has 38 heavy (non-hydrogen) atoms. The lowest BCUT2D eigenvalue weighted by atomic mass is 9.66. The minimum atomic E-state index is -1.09. The summed E-state index contributed by atoms with van der Waals surface area (Å²) in [5, 5.41) is 15.1. The normalized spacial score (nSPS) is 29.3. The van der Waals surface area contributed by atoms with Gasteiger partial charge < -0.3 is 30.1 Å². The zero-order valence-electron chi connectivity index (χ0n) is 21.8. The maximum atomic E-state index is 14.0. The van der Waals surface area contributed by atoms with Crippen molar-refractivity contribution in [1.82, 2.24) is 4.90 Å².